The lowest BCUT2D eigenvalue weighted by atomic mass is 10.1. The molecule has 1 amide bonds. The minimum atomic E-state index is -0.414. The third kappa shape index (κ3) is 4.59. The maximum Gasteiger partial charge on any atom is 0.256 e. The number of nitrogens with zero attached hydrogens (tertiary/aromatic N) is 3. The summed E-state index contributed by atoms with van der Waals surface area (Å²) in [6, 6.07) is 24.9. The van der Waals surface area contributed by atoms with Gasteiger partial charge in [0.2, 0.25) is 0 Å². The van der Waals surface area contributed by atoms with Gasteiger partial charge in [-0.25, -0.2) is 14.4 Å². The molecule has 0 aliphatic rings. The summed E-state index contributed by atoms with van der Waals surface area (Å²) >= 11 is 0. The van der Waals surface area contributed by atoms with E-state index in [4.69, 9.17) is 0 Å². The van der Waals surface area contributed by atoms with Crippen LogP contribution in [0.2, 0.25) is 0 Å². The number of pyridine rings is 1. The van der Waals surface area contributed by atoms with Crippen molar-refractivity contribution in [3.8, 4) is 11.3 Å². The Kier molecular flexibility index (Phi) is 5.66. The first kappa shape index (κ1) is 21.2. The SMILES string of the molecule is Cc1cc(C(=O)Nc2ccc(Nc3cc(-c4ccccc4)ncn3)cc2)c2cc(F)ccc2n1. The molecule has 2 aromatic heterocycles. The molecule has 0 bridgehead atoms. The maximum atomic E-state index is 13.8. The largest absolute Gasteiger partial charge is 0.340 e. The molecule has 0 saturated carbocycles. The van der Waals surface area contributed by atoms with E-state index in [-0.39, 0.29) is 5.91 Å². The highest BCUT2D eigenvalue weighted by molar-refractivity contribution is 6.12. The molecular formula is C27H20FN5O. The first-order valence-electron chi connectivity index (χ1n) is 10.7. The molecule has 0 radical (unpaired) electrons. The van der Waals surface area contributed by atoms with Crippen LogP contribution in [0.3, 0.4) is 0 Å². The van der Waals surface area contributed by atoms with Crippen LogP contribution < -0.4 is 10.6 Å². The predicted molar refractivity (Wildman–Crippen MR) is 132 cm³/mol. The van der Waals surface area contributed by atoms with Crippen LogP contribution in [0.4, 0.5) is 21.6 Å². The van der Waals surface area contributed by atoms with Gasteiger partial charge in [0, 0.05) is 34.1 Å². The molecule has 34 heavy (non-hydrogen) atoms. The van der Waals surface area contributed by atoms with Crippen LogP contribution >= 0.6 is 0 Å². The van der Waals surface area contributed by atoms with E-state index in [1.807, 2.05) is 48.5 Å². The molecule has 3 aromatic carbocycles. The van der Waals surface area contributed by atoms with E-state index in [0.717, 1.165) is 16.9 Å². The molecule has 0 saturated heterocycles. The summed E-state index contributed by atoms with van der Waals surface area (Å²) in [5, 5.41) is 6.60. The molecule has 0 unspecified atom stereocenters. The summed E-state index contributed by atoms with van der Waals surface area (Å²) < 4.78 is 13.8. The normalized spacial score (nSPS) is 10.8. The highest BCUT2D eigenvalue weighted by Gasteiger charge is 2.13. The lowest BCUT2D eigenvalue weighted by molar-refractivity contribution is 0.102. The Bertz CT molecular complexity index is 1490. The van der Waals surface area contributed by atoms with Gasteiger partial charge in [-0.3, -0.25) is 9.78 Å². The second-order valence-corrected chi connectivity index (χ2v) is 7.78. The maximum absolute atomic E-state index is 13.8. The van der Waals surface area contributed by atoms with E-state index in [0.29, 0.717) is 33.7 Å². The number of nitrogens with one attached hydrogen (secondary N) is 2. The number of anilines is 3. The van der Waals surface area contributed by atoms with Gasteiger partial charge in [0.25, 0.3) is 5.91 Å². The van der Waals surface area contributed by atoms with Crippen molar-refractivity contribution in [2.24, 2.45) is 0 Å². The zero-order chi connectivity index (χ0) is 23.5. The topological polar surface area (TPSA) is 79.8 Å². The van der Waals surface area contributed by atoms with Crippen molar-refractivity contribution in [2.45, 2.75) is 6.92 Å². The summed E-state index contributed by atoms with van der Waals surface area (Å²) in [6.45, 7) is 1.80. The van der Waals surface area contributed by atoms with E-state index in [9.17, 15) is 9.18 Å². The number of aryl methyl sites for hydroxylation is 1. The van der Waals surface area contributed by atoms with Crippen LogP contribution in [0.1, 0.15) is 16.1 Å². The van der Waals surface area contributed by atoms with E-state index >= 15 is 0 Å². The van der Waals surface area contributed by atoms with Crippen molar-refractivity contribution < 1.29 is 9.18 Å². The molecule has 2 N–H and O–H groups in total. The monoisotopic (exact) mass is 449 g/mol. The van der Waals surface area contributed by atoms with Crippen molar-refractivity contribution >= 4 is 34.0 Å². The van der Waals surface area contributed by atoms with E-state index in [2.05, 4.69) is 25.6 Å². The summed E-state index contributed by atoms with van der Waals surface area (Å²) in [5.74, 6) is -0.0840. The number of fused-ring (bicyclic) bond motifs is 1. The zero-order valence-corrected chi connectivity index (χ0v) is 18.3. The fraction of sp³-hybridized carbons (Fsp3) is 0.0370. The number of carbonyl (C=O) groups is 1. The third-order valence-electron chi connectivity index (χ3n) is 5.30. The Balaban J connectivity index is 1.32. The van der Waals surface area contributed by atoms with Gasteiger partial charge in [-0.05, 0) is 55.5 Å². The van der Waals surface area contributed by atoms with Crippen LogP contribution in [-0.4, -0.2) is 20.9 Å². The number of amides is 1. The van der Waals surface area contributed by atoms with Crippen LogP contribution in [0.5, 0.6) is 0 Å². The van der Waals surface area contributed by atoms with Gasteiger partial charge in [0.15, 0.2) is 0 Å². The molecule has 2 heterocycles. The van der Waals surface area contributed by atoms with Crippen molar-refractivity contribution in [1.29, 1.82) is 0 Å². The van der Waals surface area contributed by atoms with Crippen molar-refractivity contribution in [2.75, 3.05) is 10.6 Å². The number of hydrogen-bond acceptors (Lipinski definition) is 5. The molecule has 5 rings (SSSR count). The minimum Gasteiger partial charge on any atom is -0.340 e. The Hall–Kier alpha value is -4.65. The van der Waals surface area contributed by atoms with Crippen LogP contribution in [0.15, 0.2) is 91.3 Å². The molecule has 0 spiro atoms. The van der Waals surface area contributed by atoms with Gasteiger partial charge in [0.05, 0.1) is 16.8 Å². The number of benzene rings is 3. The van der Waals surface area contributed by atoms with Gasteiger partial charge < -0.3 is 10.6 Å². The fourth-order valence-electron chi connectivity index (χ4n) is 3.69. The molecule has 0 fully saturated rings. The van der Waals surface area contributed by atoms with Gasteiger partial charge >= 0.3 is 0 Å². The van der Waals surface area contributed by atoms with Crippen molar-refractivity contribution in [3.05, 3.63) is 108 Å². The Morgan fingerprint density at radius 2 is 1.62 bits per heavy atom. The Morgan fingerprint density at radius 1 is 0.853 bits per heavy atom. The predicted octanol–water partition coefficient (Wildman–Crippen LogP) is 6.14. The van der Waals surface area contributed by atoms with Gasteiger partial charge in [-0.15, -0.1) is 0 Å². The van der Waals surface area contributed by atoms with Crippen molar-refractivity contribution in [3.63, 3.8) is 0 Å². The smallest absolute Gasteiger partial charge is 0.256 e. The van der Waals surface area contributed by atoms with E-state index < -0.39 is 5.82 Å². The van der Waals surface area contributed by atoms with Crippen molar-refractivity contribution in [1.82, 2.24) is 15.0 Å². The van der Waals surface area contributed by atoms with E-state index in [1.54, 1.807) is 31.2 Å². The lowest BCUT2D eigenvalue weighted by Gasteiger charge is -2.11. The number of aromatic nitrogens is 3. The molecule has 166 valence electrons. The summed E-state index contributed by atoms with van der Waals surface area (Å²) in [4.78, 5) is 25.9. The summed E-state index contributed by atoms with van der Waals surface area (Å²) in [6.07, 6.45) is 1.52. The average molecular weight is 449 g/mol. The molecule has 0 aliphatic heterocycles. The molecule has 7 heteroatoms. The Labute approximate surface area is 195 Å². The first-order valence-corrected chi connectivity index (χ1v) is 10.7. The molecule has 0 aliphatic carbocycles. The molecule has 0 atom stereocenters. The standard InChI is InChI=1S/C27H20FN5O/c1-17-13-23(22-14-19(28)7-12-24(22)31-17)27(34)33-21-10-8-20(9-11-21)32-26-15-25(29-16-30-26)18-5-3-2-4-6-18/h2-16H,1H3,(H,33,34)(H,29,30,32). The fourth-order valence-corrected chi connectivity index (χ4v) is 3.69. The summed E-state index contributed by atoms with van der Waals surface area (Å²) in [5.41, 5.74) is 4.88. The molecular weight excluding hydrogens is 429 g/mol. The van der Waals surface area contributed by atoms with Crippen LogP contribution in [0.25, 0.3) is 22.2 Å². The number of halogens is 1. The molecule has 5 aromatic rings. The first-order chi connectivity index (χ1) is 16.5. The molecule has 6 nitrogen and oxygen atoms in total. The Morgan fingerprint density at radius 3 is 2.41 bits per heavy atom. The van der Waals surface area contributed by atoms with E-state index in [1.165, 1.54) is 18.5 Å². The van der Waals surface area contributed by atoms with Gasteiger partial charge in [-0.2, -0.15) is 0 Å². The number of carbonyl (C=O) groups excluding carboxylic acids is 1. The highest BCUT2D eigenvalue weighted by atomic mass is 19.1. The third-order valence-corrected chi connectivity index (χ3v) is 5.30. The highest BCUT2D eigenvalue weighted by Crippen LogP contribution is 2.24. The van der Waals surface area contributed by atoms with Gasteiger partial charge in [0.1, 0.15) is 18.0 Å². The summed E-state index contributed by atoms with van der Waals surface area (Å²) in [7, 11) is 0. The minimum absolute atomic E-state index is 0.329. The quantitative estimate of drug-likeness (QED) is 0.337. The van der Waals surface area contributed by atoms with Crippen LogP contribution in [-0.2, 0) is 0 Å². The average Bonchev–Trinajstić information content (AvgIpc) is 2.86. The van der Waals surface area contributed by atoms with Gasteiger partial charge in [-0.1, -0.05) is 30.3 Å². The number of hydrogen-bond donors (Lipinski definition) is 2. The zero-order valence-electron chi connectivity index (χ0n) is 18.3. The second kappa shape index (κ2) is 9.07. The number of rotatable bonds is 5. The lowest BCUT2D eigenvalue weighted by Crippen LogP contribution is -2.13. The van der Waals surface area contributed by atoms with Crippen LogP contribution in [0, 0.1) is 12.7 Å². The second-order valence-electron chi connectivity index (χ2n) is 7.78.